The third kappa shape index (κ3) is 5.53. The number of methoxy groups -OCH3 is 1. The van der Waals surface area contributed by atoms with Gasteiger partial charge in [-0.3, -0.25) is 14.4 Å². The van der Waals surface area contributed by atoms with Gasteiger partial charge in [0, 0.05) is 28.8 Å². The number of nitrogens with zero attached hydrogens (tertiary/aromatic N) is 2. The monoisotopic (exact) mass is 612 g/mol. The summed E-state index contributed by atoms with van der Waals surface area (Å²) in [5, 5.41) is 5.72. The van der Waals surface area contributed by atoms with Crippen molar-refractivity contribution in [3.8, 4) is 5.75 Å². The molecule has 1 fully saturated rings. The molecular weight excluding hydrogens is 587 g/mol. The minimum atomic E-state index is -1.08. The number of halogens is 2. The van der Waals surface area contributed by atoms with E-state index in [1.165, 1.54) is 18.1 Å². The molecule has 2 N–H and O–H groups in total. The highest BCUT2D eigenvalue weighted by molar-refractivity contribution is 14.1. The quantitative estimate of drug-likeness (QED) is 0.364. The predicted molar refractivity (Wildman–Crippen MR) is 141 cm³/mol. The maximum Gasteiger partial charge on any atom is 0.325 e. The number of carbonyl (C=O) groups is 4. The number of urea groups is 1. The Hall–Kier alpha value is -2.86. The first-order valence-corrected chi connectivity index (χ1v) is 12.2. The van der Waals surface area contributed by atoms with Crippen molar-refractivity contribution in [3.05, 3.63) is 56.1 Å². The number of imide groups is 1. The molecule has 1 saturated heterocycles. The lowest BCUT2D eigenvalue weighted by Crippen LogP contribution is -2.50. The van der Waals surface area contributed by atoms with Crippen LogP contribution in [0.5, 0.6) is 5.75 Å². The number of nitrogens with one attached hydrogen (secondary N) is 2. The molecule has 5 amide bonds. The number of anilines is 1. The molecule has 11 heteroatoms. The van der Waals surface area contributed by atoms with Gasteiger partial charge in [-0.05, 0) is 58.8 Å². The normalized spacial score (nSPS) is 16.2. The lowest BCUT2D eigenvalue weighted by atomic mass is 9.99. The van der Waals surface area contributed by atoms with Crippen LogP contribution < -0.4 is 15.4 Å². The predicted octanol–water partition coefficient (Wildman–Crippen LogP) is 3.91. The third-order valence-electron chi connectivity index (χ3n) is 5.54. The van der Waals surface area contributed by atoms with Crippen LogP contribution >= 0.6 is 34.2 Å². The molecule has 35 heavy (non-hydrogen) atoms. The maximum absolute atomic E-state index is 13.4. The van der Waals surface area contributed by atoms with Crippen LogP contribution in [0.1, 0.15) is 35.8 Å². The number of carbonyl (C=O) groups excluding carboxylic acids is 4. The van der Waals surface area contributed by atoms with Crippen molar-refractivity contribution in [2.75, 3.05) is 26.5 Å². The molecule has 2 aromatic rings. The van der Waals surface area contributed by atoms with Gasteiger partial charge in [0.05, 0.1) is 17.8 Å². The van der Waals surface area contributed by atoms with Crippen molar-refractivity contribution in [2.45, 2.75) is 25.9 Å². The number of hydrogen-bond donors (Lipinski definition) is 2. The zero-order chi connectivity index (χ0) is 26.0. The Bertz CT molecular complexity index is 1190. The van der Waals surface area contributed by atoms with Crippen LogP contribution in [-0.2, 0) is 9.59 Å². The highest BCUT2D eigenvalue weighted by atomic mass is 127. The standard InChI is InChI=1S/C24H26ClIN4O5/c1-12(2)20(21(31)27-17-9-7-14(26)11-16(17)25)30-23(33)19(28-24(30)34)15-8-6-13(10-18(15)35-5)22(32)29(3)4/h6-12,19-20H,1-5H3,(H,27,31)(H,28,34). The smallest absolute Gasteiger partial charge is 0.325 e. The summed E-state index contributed by atoms with van der Waals surface area (Å²) in [7, 11) is 4.67. The summed E-state index contributed by atoms with van der Waals surface area (Å²) in [4.78, 5) is 54.2. The van der Waals surface area contributed by atoms with Crippen molar-refractivity contribution in [1.29, 1.82) is 0 Å². The first-order chi connectivity index (χ1) is 16.5. The first kappa shape index (κ1) is 26.7. The molecule has 2 atom stereocenters. The van der Waals surface area contributed by atoms with Gasteiger partial charge in [-0.15, -0.1) is 0 Å². The second kappa shape index (κ2) is 10.8. The van der Waals surface area contributed by atoms with Crippen LogP contribution in [0, 0.1) is 9.49 Å². The number of hydrogen-bond acceptors (Lipinski definition) is 5. The zero-order valence-electron chi connectivity index (χ0n) is 19.9. The van der Waals surface area contributed by atoms with Crippen LogP contribution in [0.25, 0.3) is 0 Å². The maximum atomic E-state index is 13.4. The van der Waals surface area contributed by atoms with Crippen LogP contribution in [0.3, 0.4) is 0 Å². The lowest BCUT2D eigenvalue weighted by Gasteiger charge is -2.28. The summed E-state index contributed by atoms with van der Waals surface area (Å²) < 4.78 is 6.32. The molecular formula is C24H26ClIN4O5. The Balaban J connectivity index is 1.91. The fraction of sp³-hybridized carbons (Fsp3) is 0.333. The van der Waals surface area contributed by atoms with E-state index in [1.807, 2.05) is 0 Å². The Kier molecular flexibility index (Phi) is 8.26. The van der Waals surface area contributed by atoms with E-state index in [1.54, 1.807) is 58.3 Å². The van der Waals surface area contributed by atoms with E-state index in [9.17, 15) is 19.2 Å². The van der Waals surface area contributed by atoms with Gasteiger partial charge in [-0.2, -0.15) is 0 Å². The third-order valence-corrected chi connectivity index (χ3v) is 6.52. The van der Waals surface area contributed by atoms with Gasteiger partial charge < -0.3 is 20.3 Å². The molecule has 186 valence electrons. The molecule has 1 heterocycles. The van der Waals surface area contributed by atoms with E-state index in [2.05, 4.69) is 33.2 Å². The average molecular weight is 613 g/mol. The number of amides is 5. The minimum absolute atomic E-state index is 0.232. The fourth-order valence-electron chi connectivity index (χ4n) is 3.82. The minimum Gasteiger partial charge on any atom is -0.496 e. The Labute approximate surface area is 222 Å². The summed E-state index contributed by atoms with van der Waals surface area (Å²) in [5.74, 6) is -1.47. The summed E-state index contributed by atoms with van der Waals surface area (Å²) >= 11 is 8.35. The average Bonchev–Trinajstić information content (AvgIpc) is 3.08. The molecule has 1 aliphatic heterocycles. The molecule has 9 nitrogen and oxygen atoms in total. The molecule has 0 aliphatic carbocycles. The summed E-state index contributed by atoms with van der Waals surface area (Å²) in [6, 6.07) is 6.95. The zero-order valence-corrected chi connectivity index (χ0v) is 22.8. The molecule has 3 rings (SSSR count). The number of rotatable bonds is 7. The highest BCUT2D eigenvalue weighted by Gasteiger charge is 2.47. The molecule has 0 radical (unpaired) electrons. The van der Waals surface area contributed by atoms with E-state index < -0.39 is 29.9 Å². The van der Waals surface area contributed by atoms with Crippen LogP contribution in [0.4, 0.5) is 10.5 Å². The second-order valence-corrected chi connectivity index (χ2v) is 10.2. The molecule has 0 bridgehead atoms. The van der Waals surface area contributed by atoms with E-state index in [4.69, 9.17) is 16.3 Å². The van der Waals surface area contributed by atoms with Gasteiger partial charge in [-0.25, -0.2) is 9.69 Å². The Morgan fingerprint density at radius 1 is 1.17 bits per heavy atom. The van der Waals surface area contributed by atoms with Gasteiger partial charge in [0.15, 0.2) is 0 Å². The molecule has 0 aromatic heterocycles. The number of benzene rings is 2. The van der Waals surface area contributed by atoms with E-state index in [-0.39, 0.29) is 17.6 Å². The van der Waals surface area contributed by atoms with Crippen LogP contribution in [0.2, 0.25) is 5.02 Å². The molecule has 0 saturated carbocycles. The van der Waals surface area contributed by atoms with E-state index in [0.717, 1.165) is 8.47 Å². The van der Waals surface area contributed by atoms with Crippen molar-refractivity contribution < 1.29 is 23.9 Å². The summed E-state index contributed by atoms with van der Waals surface area (Å²) in [5.41, 5.74) is 1.14. The SMILES string of the molecule is COc1cc(C(=O)N(C)C)ccc1C1NC(=O)N(C(C(=O)Nc2ccc(I)cc2Cl)C(C)C)C1=O. The second-order valence-electron chi connectivity index (χ2n) is 8.55. The van der Waals surface area contributed by atoms with Crippen molar-refractivity contribution in [3.63, 3.8) is 0 Å². The Morgan fingerprint density at radius 3 is 2.43 bits per heavy atom. The first-order valence-electron chi connectivity index (χ1n) is 10.7. The van der Waals surface area contributed by atoms with Crippen LogP contribution in [0.15, 0.2) is 36.4 Å². The molecule has 1 aliphatic rings. The van der Waals surface area contributed by atoms with Crippen molar-refractivity contribution in [1.82, 2.24) is 15.1 Å². The topological polar surface area (TPSA) is 108 Å². The van der Waals surface area contributed by atoms with Crippen LogP contribution in [-0.4, -0.2) is 60.8 Å². The van der Waals surface area contributed by atoms with Crippen molar-refractivity contribution in [2.24, 2.45) is 5.92 Å². The van der Waals surface area contributed by atoms with Gasteiger partial charge in [0.2, 0.25) is 5.91 Å². The van der Waals surface area contributed by atoms with Gasteiger partial charge in [0.1, 0.15) is 17.8 Å². The molecule has 2 unspecified atom stereocenters. The molecule has 0 spiro atoms. The van der Waals surface area contributed by atoms with Crippen molar-refractivity contribution >= 4 is 63.6 Å². The largest absolute Gasteiger partial charge is 0.496 e. The van der Waals surface area contributed by atoms with Gasteiger partial charge in [0.25, 0.3) is 11.8 Å². The highest BCUT2D eigenvalue weighted by Crippen LogP contribution is 2.33. The van der Waals surface area contributed by atoms with Gasteiger partial charge >= 0.3 is 6.03 Å². The van der Waals surface area contributed by atoms with E-state index >= 15 is 0 Å². The summed E-state index contributed by atoms with van der Waals surface area (Å²) in [6.07, 6.45) is 0. The fourth-order valence-corrected chi connectivity index (χ4v) is 4.73. The number of ether oxygens (including phenoxy) is 1. The summed E-state index contributed by atoms with van der Waals surface area (Å²) in [6.45, 7) is 3.49. The Morgan fingerprint density at radius 2 is 1.86 bits per heavy atom. The van der Waals surface area contributed by atoms with E-state index in [0.29, 0.717) is 21.8 Å². The lowest BCUT2D eigenvalue weighted by molar-refractivity contribution is -0.135. The molecule has 2 aromatic carbocycles. The van der Waals surface area contributed by atoms with Gasteiger partial charge in [-0.1, -0.05) is 31.5 Å².